The van der Waals surface area contributed by atoms with E-state index in [0.29, 0.717) is 57.2 Å². The zero-order valence-corrected chi connectivity index (χ0v) is 20.7. The Bertz CT molecular complexity index is 1240. The highest BCUT2D eigenvalue weighted by Crippen LogP contribution is 2.27. The van der Waals surface area contributed by atoms with Crippen molar-refractivity contribution in [2.24, 2.45) is 0 Å². The highest BCUT2D eigenvalue weighted by molar-refractivity contribution is 7.89. The molecule has 0 spiro atoms. The number of anilines is 1. The van der Waals surface area contributed by atoms with Crippen molar-refractivity contribution in [1.82, 2.24) is 24.4 Å². The number of nitrogens with zero attached hydrogens (tertiary/aromatic N) is 5. The van der Waals surface area contributed by atoms with E-state index in [2.05, 4.69) is 20.3 Å². The first-order valence-electron chi connectivity index (χ1n) is 11.6. The lowest BCUT2D eigenvalue weighted by atomic mass is 10.1. The molecule has 1 aliphatic heterocycles. The van der Waals surface area contributed by atoms with Gasteiger partial charge in [-0.1, -0.05) is 26.0 Å². The molecular formula is C24H30N6O4S. The summed E-state index contributed by atoms with van der Waals surface area (Å²) < 4.78 is 34.7. The molecule has 1 fully saturated rings. The average molecular weight is 499 g/mol. The van der Waals surface area contributed by atoms with Crippen molar-refractivity contribution in [1.29, 1.82) is 0 Å². The normalized spacial score (nSPS) is 14.3. The number of benzene rings is 2. The Balaban J connectivity index is 1.58. The second kappa shape index (κ2) is 11.0. The zero-order chi connectivity index (χ0) is 24.8. The molecule has 3 aromatic rings. The highest BCUT2D eigenvalue weighted by atomic mass is 32.2. The Morgan fingerprint density at radius 3 is 2.43 bits per heavy atom. The minimum absolute atomic E-state index is 0.112. The van der Waals surface area contributed by atoms with Crippen LogP contribution in [0.5, 0.6) is 0 Å². The van der Waals surface area contributed by atoms with Crippen molar-refractivity contribution in [3.8, 4) is 5.69 Å². The van der Waals surface area contributed by atoms with E-state index in [1.807, 2.05) is 24.3 Å². The predicted octanol–water partition coefficient (Wildman–Crippen LogP) is 2.06. The summed E-state index contributed by atoms with van der Waals surface area (Å²) >= 11 is 0. The molecule has 11 heteroatoms. The summed E-state index contributed by atoms with van der Waals surface area (Å²) in [4.78, 5) is 19.4. The molecule has 1 aromatic heterocycles. The number of ether oxygens (including phenoxy) is 1. The van der Waals surface area contributed by atoms with Gasteiger partial charge in [0.2, 0.25) is 10.0 Å². The number of nitrogens with one attached hydrogen (secondary N) is 1. The van der Waals surface area contributed by atoms with Gasteiger partial charge in [-0.3, -0.25) is 4.79 Å². The fourth-order valence-electron chi connectivity index (χ4n) is 4.04. The standard InChI is InChI=1S/C24H30N6O4S/c1-3-29(4-2)35(32,33)21-9-10-23(28-11-13-34-14-12-28)22(15-21)24(31)26-16-19-5-7-20(8-6-19)30-18-25-17-27-30/h5-10,15,17-18H,3-4,11-14,16H2,1-2H3,(H,26,31). The highest BCUT2D eigenvalue weighted by Gasteiger charge is 2.26. The van der Waals surface area contributed by atoms with Crippen molar-refractivity contribution in [2.75, 3.05) is 44.3 Å². The number of hydrogen-bond donors (Lipinski definition) is 1. The van der Waals surface area contributed by atoms with Crippen LogP contribution in [0.3, 0.4) is 0 Å². The van der Waals surface area contributed by atoms with Gasteiger partial charge in [0.15, 0.2) is 0 Å². The summed E-state index contributed by atoms with van der Waals surface area (Å²) in [6.45, 7) is 6.98. The van der Waals surface area contributed by atoms with Crippen LogP contribution in [-0.2, 0) is 21.3 Å². The number of rotatable bonds is 9. The minimum atomic E-state index is -3.70. The number of morpholine rings is 1. The van der Waals surface area contributed by atoms with Crippen LogP contribution in [0.15, 0.2) is 60.0 Å². The molecule has 35 heavy (non-hydrogen) atoms. The van der Waals surface area contributed by atoms with E-state index in [0.717, 1.165) is 11.3 Å². The van der Waals surface area contributed by atoms with E-state index in [1.165, 1.54) is 16.7 Å². The lowest BCUT2D eigenvalue weighted by Crippen LogP contribution is -2.38. The van der Waals surface area contributed by atoms with Crippen LogP contribution < -0.4 is 10.2 Å². The molecule has 0 atom stereocenters. The van der Waals surface area contributed by atoms with Crippen molar-refractivity contribution in [3.63, 3.8) is 0 Å². The third kappa shape index (κ3) is 5.53. The van der Waals surface area contributed by atoms with Crippen molar-refractivity contribution in [3.05, 3.63) is 66.2 Å². The Morgan fingerprint density at radius 2 is 1.80 bits per heavy atom. The molecule has 2 aromatic carbocycles. The molecular weight excluding hydrogens is 468 g/mol. The number of aromatic nitrogens is 3. The molecule has 0 radical (unpaired) electrons. The predicted molar refractivity (Wildman–Crippen MR) is 132 cm³/mol. The van der Waals surface area contributed by atoms with E-state index >= 15 is 0 Å². The van der Waals surface area contributed by atoms with Gasteiger partial charge in [-0.2, -0.15) is 9.40 Å². The van der Waals surface area contributed by atoms with Crippen LogP contribution in [-0.4, -0.2) is 72.8 Å². The van der Waals surface area contributed by atoms with Gasteiger partial charge < -0.3 is 15.0 Å². The summed E-state index contributed by atoms with van der Waals surface area (Å²) in [6, 6.07) is 12.4. The number of carbonyl (C=O) groups excluding carboxylic acids is 1. The van der Waals surface area contributed by atoms with Crippen LogP contribution in [0, 0.1) is 0 Å². The Kier molecular flexibility index (Phi) is 7.79. The molecule has 10 nitrogen and oxygen atoms in total. The van der Waals surface area contributed by atoms with Gasteiger partial charge in [0, 0.05) is 38.4 Å². The van der Waals surface area contributed by atoms with Crippen molar-refractivity contribution >= 4 is 21.6 Å². The number of hydrogen-bond acceptors (Lipinski definition) is 7. The van der Waals surface area contributed by atoms with Crippen LogP contribution in [0.2, 0.25) is 0 Å². The molecule has 0 bridgehead atoms. The van der Waals surface area contributed by atoms with E-state index in [9.17, 15) is 13.2 Å². The molecule has 0 saturated carbocycles. The van der Waals surface area contributed by atoms with Gasteiger partial charge in [-0.05, 0) is 35.9 Å². The number of amides is 1. The monoisotopic (exact) mass is 498 g/mol. The molecule has 0 unspecified atom stereocenters. The maximum absolute atomic E-state index is 13.3. The maximum Gasteiger partial charge on any atom is 0.253 e. The topological polar surface area (TPSA) is 110 Å². The summed E-state index contributed by atoms with van der Waals surface area (Å²) in [5.41, 5.74) is 2.80. The quantitative estimate of drug-likeness (QED) is 0.481. The van der Waals surface area contributed by atoms with Crippen LogP contribution >= 0.6 is 0 Å². The van der Waals surface area contributed by atoms with Crippen LogP contribution in [0.25, 0.3) is 5.69 Å². The van der Waals surface area contributed by atoms with Gasteiger partial charge >= 0.3 is 0 Å². The lowest BCUT2D eigenvalue weighted by Gasteiger charge is -2.30. The largest absolute Gasteiger partial charge is 0.378 e. The second-order valence-corrected chi connectivity index (χ2v) is 9.99. The summed E-state index contributed by atoms with van der Waals surface area (Å²) in [6.07, 6.45) is 3.08. The molecule has 1 aliphatic rings. The van der Waals surface area contributed by atoms with Gasteiger partial charge in [0.1, 0.15) is 12.7 Å². The van der Waals surface area contributed by atoms with Crippen molar-refractivity contribution < 1.29 is 17.9 Å². The molecule has 4 rings (SSSR count). The first-order chi connectivity index (χ1) is 16.9. The molecule has 1 amide bonds. The van der Waals surface area contributed by atoms with Crippen molar-refractivity contribution in [2.45, 2.75) is 25.3 Å². The third-order valence-corrected chi connectivity index (χ3v) is 8.03. The van der Waals surface area contributed by atoms with Crippen LogP contribution in [0.4, 0.5) is 5.69 Å². The molecule has 0 aliphatic carbocycles. The Morgan fingerprint density at radius 1 is 1.09 bits per heavy atom. The van der Waals surface area contributed by atoms with E-state index in [4.69, 9.17) is 4.74 Å². The average Bonchev–Trinajstić information content (AvgIpc) is 3.43. The molecule has 1 N–H and O–H groups in total. The summed E-state index contributed by atoms with van der Waals surface area (Å²) in [5, 5.41) is 7.05. The Hall–Kier alpha value is -3.28. The molecule has 1 saturated heterocycles. The summed E-state index contributed by atoms with van der Waals surface area (Å²) in [5.74, 6) is -0.330. The zero-order valence-electron chi connectivity index (χ0n) is 19.9. The fourth-order valence-corrected chi connectivity index (χ4v) is 5.52. The van der Waals surface area contributed by atoms with E-state index in [-0.39, 0.29) is 10.8 Å². The fraction of sp³-hybridized carbons (Fsp3) is 0.375. The number of sulfonamides is 1. The molecule has 186 valence electrons. The third-order valence-electron chi connectivity index (χ3n) is 5.98. The summed E-state index contributed by atoms with van der Waals surface area (Å²) in [7, 11) is -3.70. The number of carbonyl (C=O) groups is 1. The van der Waals surface area contributed by atoms with E-state index in [1.54, 1.807) is 37.0 Å². The maximum atomic E-state index is 13.3. The first-order valence-corrected chi connectivity index (χ1v) is 13.1. The van der Waals surface area contributed by atoms with Gasteiger partial charge in [-0.25, -0.2) is 18.1 Å². The smallest absolute Gasteiger partial charge is 0.253 e. The first kappa shape index (κ1) is 24.8. The van der Waals surface area contributed by atoms with E-state index < -0.39 is 10.0 Å². The van der Waals surface area contributed by atoms with Gasteiger partial charge in [0.25, 0.3) is 5.91 Å². The Labute approximate surface area is 205 Å². The van der Waals surface area contributed by atoms with Gasteiger partial charge in [0.05, 0.1) is 29.4 Å². The van der Waals surface area contributed by atoms with Gasteiger partial charge in [-0.15, -0.1) is 0 Å². The minimum Gasteiger partial charge on any atom is -0.378 e. The SMILES string of the molecule is CCN(CC)S(=O)(=O)c1ccc(N2CCOCC2)c(C(=O)NCc2ccc(-n3cncn3)cc2)c1. The molecule has 2 heterocycles. The second-order valence-electron chi connectivity index (χ2n) is 8.06. The van der Waals surface area contributed by atoms with Crippen LogP contribution in [0.1, 0.15) is 29.8 Å². The lowest BCUT2D eigenvalue weighted by molar-refractivity contribution is 0.0949.